The molecule has 1 aliphatic carbocycles. The van der Waals surface area contributed by atoms with Crippen molar-refractivity contribution in [2.24, 2.45) is 5.73 Å². The van der Waals surface area contributed by atoms with Crippen molar-refractivity contribution in [1.29, 1.82) is 0 Å². The lowest BCUT2D eigenvalue weighted by Gasteiger charge is -2.32. The van der Waals surface area contributed by atoms with E-state index >= 15 is 0 Å². The molecule has 16 heavy (non-hydrogen) atoms. The highest BCUT2D eigenvalue weighted by Gasteiger charge is 2.30. The van der Waals surface area contributed by atoms with Crippen molar-refractivity contribution in [3.63, 3.8) is 0 Å². The minimum atomic E-state index is -3.43. The monoisotopic (exact) mass is 304 g/mol. The van der Waals surface area contributed by atoms with E-state index < -0.39 is 10.0 Å². The molecule has 6 heteroatoms. The van der Waals surface area contributed by atoms with Crippen LogP contribution in [0.25, 0.3) is 0 Å². The van der Waals surface area contributed by atoms with Crippen LogP contribution in [0.15, 0.2) is 33.6 Å². The molecule has 0 radical (unpaired) electrons. The normalized spacial score (nSPS) is 25.1. The second kappa shape index (κ2) is 4.44. The fourth-order valence-electron chi connectivity index (χ4n) is 1.70. The van der Waals surface area contributed by atoms with Crippen molar-refractivity contribution in [1.82, 2.24) is 4.72 Å². The van der Waals surface area contributed by atoms with E-state index in [1.165, 1.54) is 0 Å². The lowest BCUT2D eigenvalue weighted by molar-refractivity contribution is 0.327. The first-order valence-electron chi connectivity index (χ1n) is 5.01. The zero-order valence-corrected chi connectivity index (χ0v) is 11.0. The molecular formula is C10H13BrN2O2S. The molecule has 0 unspecified atom stereocenters. The van der Waals surface area contributed by atoms with Crippen LogP contribution >= 0.6 is 15.9 Å². The van der Waals surface area contributed by atoms with Crippen LogP contribution < -0.4 is 10.5 Å². The Morgan fingerprint density at radius 3 is 2.50 bits per heavy atom. The first kappa shape index (κ1) is 12.0. The SMILES string of the molecule is NC1CC(NS(=O)(=O)c2ccccc2Br)C1. The summed E-state index contributed by atoms with van der Waals surface area (Å²) in [5.74, 6) is 0. The minimum absolute atomic E-state index is 0.0212. The van der Waals surface area contributed by atoms with Crippen LogP contribution in [0.1, 0.15) is 12.8 Å². The summed E-state index contributed by atoms with van der Waals surface area (Å²) in [7, 11) is -3.43. The van der Waals surface area contributed by atoms with Gasteiger partial charge in [-0.15, -0.1) is 0 Å². The summed E-state index contributed by atoms with van der Waals surface area (Å²) in [6, 6.07) is 6.87. The highest BCUT2D eigenvalue weighted by atomic mass is 79.9. The largest absolute Gasteiger partial charge is 0.328 e. The molecule has 1 aliphatic rings. The third-order valence-corrected chi connectivity index (χ3v) is 5.16. The minimum Gasteiger partial charge on any atom is -0.328 e. The van der Waals surface area contributed by atoms with Gasteiger partial charge in [-0.05, 0) is 40.9 Å². The van der Waals surface area contributed by atoms with E-state index in [-0.39, 0.29) is 17.0 Å². The number of hydrogen-bond donors (Lipinski definition) is 2. The van der Waals surface area contributed by atoms with Gasteiger partial charge in [-0.2, -0.15) is 0 Å². The Morgan fingerprint density at radius 1 is 1.31 bits per heavy atom. The molecule has 4 nitrogen and oxygen atoms in total. The van der Waals surface area contributed by atoms with Gasteiger partial charge in [0.05, 0.1) is 4.90 Å². The summed E-state index contributed by atoms with van der Waals surface area (Å²) in [5, 5.41) is 0. The van der Waals surface area contributed by atoms with Gasteiger partial charge in [0.25, 0.3) is 0 Å². The van der Waals surface area contributed by atoms with E-state index in [2.05, 4.69) is 20.7 Å². The van der Waals surface area contributed by atoms with Gasteiger partial charge < -0.3 is 5.73 Å². The summed E-state index contributed by atoms with van der Waals surface area (Å²) in [6.07, 6.45) is 1.42. The average molecular weight is 305 g/mol. The maximum atomic E-state index is 12.0. The van der Waals surface area contributed by atoms with Crippen LogP contribution in [0, 0.1) is 0 Å². The molecule has 1 fully saturated rings. The lowest BCUT2D eigenvalue weighted by Crippen LogP contribution is -2.50. The first-order chi connectivity index (χ1) is 7.49. The number of nitrogens with two attached hydrogens (primary N) is 1. The van der Waals surface area contributed by atoms with Crippen LogP contribution in [-0.2, 0) is 10.0 Å². The molecule has 0 bridgehead atoms. The van der Waals surface area contributed by atoms with Crippen molar-refractivity contribution in [2.45, 2.75) is 29.8 Å². The summed E-state index contributed by atoms with van der Waals surface area (Å²) in [4.78, 5) is 0.274. The molecule has 3 N–H and O–H groups in total. The van der Waals surface area contributed by atoms with E-state index in [0.717, 1.165) is 0 Å². The molecule has 1 aromatic carbocycles. The van der Waals surface area contributed by atoms with Gasteiger partial charge in [0, 0.05) is 16.6 Å². The third-order valence-electron chi connectivity index (χ3n) is 2.62. The van der Waals surface area contributed by atoms with Crippen molar-refractivity contribution in [2.75, 3.05) is 0 Å². The highest BCUT2D eigenvalue weighted by Crippen LogP contribution is 2.24. The molecule has 0 atom stereocenters. The van der Waals surface area contributed by atoms with Gasteiger partial charge in [-0.3, -0.25) is 0 Å². The lowest BCUT2D eigenvalue weighted by atomic mass is 9.89. The van der Waals surface area contributed by atoms with Gasteiger partial charge in [0.2, 0.25) is 10.0 Å². The van der Waals surface area contributed by atoms with E-state index in [0.29, 0.717) is 17.3 Å². The Balaban J connectivity index is 2.16. The van der Waals surface area contributed by atoms with E-state index in [4.69, 9.17) is 5.73 Å². The number of rotatable bonds is 3. The number of hydrogen-bond acceptors (Lipinski definition) is 3. The molecule has 0 aliphatic heterocycles. The molecule has 0 saturated heterocycles. The molecule has 1 aromatic rings. The van der Waals surface area contributed by atoms with Crippen molar-refractivity contribution in [3.8, 4) is 0 Å². The maximum Gasteiger partial charge on any atom is 0.241 e. The molecule has 0 aromatic heterocycles. The highest BCUT2D eigenvalue weighted by molar-refractivity contribution is 9.10. The number of nitrogens with one attached hydrogen (secondary N) is 1. The quantitative estimate of drug-likeness (QED) is 0.882. The average Bonchev–Trinajstić information content (AvgIpc) is 2.15. The zero-order valence-electron chi connectivity index (χ0n) is 8.56. The van der Waals surface area contributed by atoms with Crippen LogP contribution in [0.2, 0.25) is 0 Å². The Labute approximate surface area is 103 Å². The van der Waals surface area contributed by atoms with Crippen molar-refractivity contribution >= 4 is 26.0 Å². The van der Waals surface area contributed by atoms with Gasteiger partial charge in [-0.25, -0.2) is 13.1 Å². The van der Waals surface area contributed by atoms with Crippen LogP contribution in [0.5, 0.6) is 0 Å². The molecule has 1 saturated carbocycles. The van der Waals surface area contributed by atoms with Gasteiger partial charge in [0.1, 0.15) is 0 Å². The molecular weight excluding hydrogens is 292 g/mol. The number of halogens is 1. The fourth-order valence-corrected chi connectivity index (χ4v) is 3.97. The van der Waals surface area contributed by atoms with Gasteiger partial charge >= 0.3 is 0 Å². The number of sulfonamides is 1. The third kappa shape index (κ3) is 2.45. The second-order valence-corrected chi connectivity index (χ2v) is 6.52. The Bertz CT molecular complexity index is 483. The van der Waals surface area contributed by atoms with Gasteiger partial charge in [-0.1, -0.05) is 12.1 Å². The zero-order chi connectivity index (χ0) is 11.8. The Morgan fingerprint density at radius 2 is 1.94 bits per heavy atom. The predicted octanol–water partition coefficient (Wildman–Crippen LogP) is 1.22. The molecule has 2 rings (SSSR count). The summed E-state index contributed by atoms with van der Waals surface area (Å²) in [5.41, 5.74) is 5.61. The smallest absolute Gasteiger partial charge is 0.241 e. The topological polar surface area (TPSA) is 72.2 Å². The van der Waals surface area contributed by atoms with E-state index in [9.17, 15) is 8.42 Å². The van der Waals surface area contributed by atoms with Crippen LogP contribution in [0.4, 0.5) is 0 Å². The van der Waals surface area contributed by atoms with Crippen molar-refractivity contribution in [3.05, 3.63) is 28.7 Å². The standard InChI is InChI=1S/C10H13BrN2O2S/c11-9-3-1-2-4-10(9)16(14,15)13-8-5-7(12)6-8/h1-4,7-8,13H,5-6,12H2. The first-order valence-corrected chi connectivity index (χ1v) is 7.29. The number of benzene rings is 1. The summed E-state index contributed by atoms with van der Waals surface area (Å²) < 4.78 is 27.2. The van der Waals surface area contributed by atoms with Crippen molar-refractivity contribution < 1.29 is 8.42 Å². The molecule has 0 spiro atoms. The van der Waals surface area contributed by atoms with Crippen LogP contribution in [0.3, 0.4) is 0 Å². The Kier molecular flexibility index (Phi) is 3.34. The molecule has 88 valence electrons. The molecule has 0 heterocycles. The Hall–Kier alpha value is -0.430. The van der Waals surface area contributed by atoms with Gasteiger partial charge in [0.15, 0.2) is 0 Å². The van der Waals surface area contributed by atoms with Crippen LogP contribution in [-0.4, -0.2) is 20.5 Å². The fraction of sp³-hybridized carbons (Fsp3) is 0.400. The summed E-state index contributed by atoms with van der Waals surface area (Å²) in [6.45, 7) is 0. The second-order valence-electron chi connectivity index (χ2n) is 3.98. The summed E-state index contributed by atoms with van der Waals surface area (Å²) >= 11 is 3.23. The van der Waals surface area contributed by atoms with E-state index in [1.54, 1.807) is 24.3 Å². The maximum absolute atomic E-state index is 12.0. The van der Waals surface area contributed by atoms with E-state index in [1.807, 2.05) is 0 Å². The molecule has 0 amide bonds. The predicted molar refractivity (Wildman–Crippen MR) is 65.5 cm³/mol.